The van der Waals surface area contributed by atoms with Gasteiger partial charge in [-0.3, -0.25) is 0 Å². The first-order chi connectivity index (χ1) is 7.09. The maximum absolute atomic E-state index is 12.7. The van der Waals surface area contributed by atoms with Gasteiger partial charge in [0.2, 0.25) is 0 Å². The van der Waals surface area contributed by atoms with Crippen LogP contribution in [0.5, 0.6) is 5.75 Å². The molecule has 0 amide bonds. The topological polar surface area (TPSA) is 35.2 Å². The Morgan fingerprint density at radius 2 is 2.07 bits per heavy atom. The molecule has 1 rings (SSSR count). The Morgan fingerprint density at radius 1 is 1.33 bits per heavy atom. The van der Waals surface area contributed by atoms with E-state index in [9.17, 15) is 8.78 Å². The zero-order valence-corrected chi connectivity index (χ0v) is 8.67. The predicted octanol–water partition coefficient (Wildman–Crippen LogP) is 2.47. The molecule has 0 aliphatic rings. The summed E-state index contributed by atoms with van der Waals surface area (Å²) >= 11 is 0. The highest BCUT2D eigenvalue weighted by Crippen LogP contribution is 2.15. The Labute approximate surface area is 88.0 Å². The number of hydrogen-bond donors (Lipinski definition) is 1. The highest BCUT2D eigenvalue weighted by molar-refractivity contribution is 5.23. The van der Waals surface area contributed by atoms with E-state index in [4.69, 9.17) is 10.5 Å². The fourth-order valence-corrected chi connectivity index (χ4v) is 1.16. The van der Waals surface area contributed by atoms with E-state index in [0.29, 0.717) is 12.4 Å². The van der Waals surface area contributed by atoms with Gasteiger partial charge in [0.05, 0.1) is 6.61 Å². The molecule has 0 aliphatic heterocycles. The van der Waals surface area contributed by atoms with Crippen LogP contribution in [0, 0.1) is 11.6 Å². The average Bonchev–Trinajstić information content (AvgIpc) is 2.18. The molecule has 0 radical (unpaired) electrons. The molecule has 0 heterocycles. The van der Waals surface area contributed by atoms with E-state index < -0.39 is 11.6 Å². The van der Waals surface area contributed by atoms with Crippen LogP contribution in [0.15, 0.2) is 18.2 Å². The maximum Gasteiger partial charge on any atom is 0.162 e. The fourth-order valence-electron chi connectivity index (χ4n) is 1.16. The van der Waals surface area contributed by atoms with Crippen molar-refractivity contribution >= 4 is 0 Å². The fraction of sp³-hybridized carbons (Fsp3) is 0.455. The normalized spacial score (nSPS) is 12.5. The van der Waals surface area contributed by atoms with Gasteiger partial charge in [-0.05, 0) is 31.9 Å². The lowest BCUT2D eigenvalue weighted by atomic mass is 10.2. The van der Waals surface area contributed by atoms with Gasteiger partial charge in [-0.2, -0.15) is 0 Å². The zero-order chi connectivity index (χ0) is 11.3. The van der Waals surface area contributed by atoms with Gasteiger partial charge < -0.3 is 10.5 Å². The van der Waals surface area contributed by atoms with Crippen molar-refractivity contribution in [2.45, 2.75) is 25.8 Å². The summed E-state index contributed by atoms with van der Waals surface area (Å²) in [4.78, 5) is 0. The molecule has 1 atom stereocenters. The summed E-state index contributed by atoms with van der Waals surface area (Å²) in [6.45, 7) is 2.38. The first-order valence-corrected chi connectivity index (χ1v) is 4.93. The highest BCUT2D eigenvalue weighted by Gasteiger charge is 2.03. The number of benzene rings is 1. The van der Waals surface area contributed by atoms with Crippen LogP contribution in [0.3, 0.4) is 0 Å². The van der Waals surface area contributed by atoms with E-state index in [1.807, 2.05) is 6.92 Å². The minimum atomic E-state index is -0.889. The molecule has 84 valence electrons. The summed E-state index contributed by atoms with van der Waals surface area (Å²) in [7, 11) is 0. The smallest absolute Gasteiger partial charge is 0.162 e. The molecular formula is C11H15F2NO. The van der Waals surface area contributed by atoms with Crippen molar-refractivity contribution in [3.63, 3.8) is 0 Å². The minimum Gasteiger partial charge on any atom is -0.493 e. The zero-order valence-electron chi connectivity index (χ0n) is 8.67. The summed E-state index contributed by atoms with van der Waals surface area (Å²) in [5.41, 5.74) is 5.55. The van der Waals surface area contributed by atoms with Crippen LogP contribution in [-0.2, 0) is 0 Å². The number of nitrogens with two attached hydrogens (primary N) is 1. The maximum atomic E-state index is 12.7. The first-order valence-electron chi connectivity index (χ1n) is 4.93. The molecule has 0 bridgehead atoms. The Hall–Kier alpha value is -1.16. The van der Waals surface area contributed by atoms with Crippen LogP contribution in [0.2, 0.25) is 0 Å². The second-order valence-electron chi connectivity index (χ2n) is 3.54. The monoisotopic (exact) mass is 215 g/mol. The Morgan fingerprint density at radius 3 is 2.67 bits per heavy atom. The van der Waals surface area contributed by atoms with Gasteiger partial charge in [0.25, 0.3) is 0 Å². The van der Waals surface area contributed by atoms with Crippen molar-refractivity contribution in [3.8, 4) is 5.75 Å². The van der Waals surface area contributed by atoms with Crippen molar-refractivity contribution in [2.24, 2.45) is 5.73 Å². The average molecular weight is 215 g/mol. The van der Waals surface area contributed by atoms with E-state index in [1.165, 1.54) is 6.07 Å². The van der Waals surface area contributed by atoms with E-state index >= 15 is 0 Å². The third-order valence-electron chi connectivity index (χ3n) is 1.96. The highest BCUT2D eigenvalue weighted by atomic mass is 19.2. The predicted molar refractivity (Wildman–Crippen MR) is 54.7 cm³/mol. The van der Waals surface area contributed by atoms with Crippen LogP contribution in [0.1, 0.15) is 19.8 Å². The van der Waals surface area contributed by atoms with E-state index in [1.54, 1.807) is 0 Å². The van der Waals surface area contributed by atoms with Gasteiger partial charge in [0, 0.05) is 12.1 Å². The van der Waals surface area contributed by atoms with Crippen LogP contribution < -0.4 is 10.5 Å². The Bertz CT molecular complexity index is 315. The summed E-state index contributed by atoms with van der Waals surface area (Å²) in [6.07, 6.45) is 1.65. The van der Waals surface area contributed by atoms with Crippen LogP contribution in [0.25, 0.3) is 0 Å². The molecule has 1 aromatic carbocycles. The van der Waals surface area contributed by atoms with Crippen molar-refractivity contribution in [2.75, 3.05) is 6.61 Å². The summed E-state index contributed by atoms with van der Waals surface area (Å²) < 4.78 is 30.5. The first kappa shape index (κ1) is 11.9. The van der Waals surface area contributed by atoms with Gasteiger partial charge in [0.15, 0.2) is 11.6 Å². The third-order valence-corrected chi connectivity index (χ3v) is 1.96. The SMILES string of the molecule is CC(N)CCCOc1ccc(F)c(F)c1. The molecule has 4 heteroatoms. The minimum absolute atomic E-state index is 0.138. The van der Waals surface area contributed by atoms with Crippen molar-refractivity contribution in [1.29, 1.82) is 0 Å². The van der Waals surface area contributed by atoms with Gasteiger partial charge in [-0.25, -0.2) is 8.78 Å². The lowest BCUT2D eigenvalue weighted by Gasteiger charge is -2.07. The molecule has 0 aromatic heterocycles. The molecular weight excluding hydrogens is 200 g/mol. The second kappa shape index (κ2) is 5.66. The number of ether oxygens (including phenoxy) is 1. The van der Waals surface area contributed by atoms with Crippen molar-refractivity contribution in [3.05, 3.63) is 29.8 Å². The third kappa shape index (κ3) is 4.25. The molecule has 0 saturated carbocycles. The molecule has 15 heavy (non-hydrogen) atoms. The Kier molecular flexibility index (Phi) is 4.49. The van der Waals surface area contributed by atoms with Gasteiger partial charge >= 0.3 is 0 Å². The largest absolute Gasteiger partial charge is 0.493 e. The molecule has 2 nitrogen and oxygen atoms in total. The lowest BCUT2D eigenvalue weighted by molar-refractivity contribution is 0.300. The number of hydrogen-bond acceptors (Lipinski definition) is 2. The molecule has 1 unspecified atom stereocenters. The molecule has 0 fully saturated rings. The van der Waals surface area contributed by atoms with E-state index in [0.717, 1.165) is 25.0 Å². The van der Waals surface area contributed by atoms with Crippen LogP contribution in [0.4, 0.5) is 8.78 Å². The van der Waals surface area contributed by atoms with Crippen LogP contribution in [-0.4, -0.2) is 12.6 Å². The molecule has 2 N–H and O–H groups in total. The van der Waals surface area contributed by atoms with Gasteiger partial charge in [0.1, 0.15) is 5.75 Å². The summed E-state index contributed by atoms with van der Waals surface area (Å²) in [6, 6.07) is 3.64. The van der Waals surface area contributed by atoms with Crippen LogP contribution >= 0.6 is 0 Å². The van der Waals surface area contributed by atoms with Gasteiger partial charge in [-0.1, -0.05) is 0 Å². The second-order valence-corrected chi connectivity index (χ2v) is 3.54. The molecule has 0 saturated heterocycles. The summed E-state index contributed by atoms with van der Waals surface area (Å²) in [5, 5.41) is 0. The number of halogens is 2. The molecule has 0 spiro atoms. The lowest BCUT2D eigenvalue weighted by Crippen LogP contribution is -2.15. The van der Waals surface area contributed by atoms with Crippen molar-refractivity contribution in [1.82, 2.24) is 0 Å². The quantitative estimate of drug-likeness (QED) is 0.766. The van der Waals surface area contributed by atoms with Crippen molar-refractivity contribution < 1.29 is 13.5 Å². The standard InChI is InChI=1S/C11H15F2NO/c1-8(14)3-2-6-15-9-4-5-10(12)11(13)7-9/h4-5,7-8H,2-3,6,14H2,1H3. The van der Waals surface area contributed by atoms with Gasteiger partial charge in [-0.15, -0.1) is 0 Å². The molecule has 1 aromatic rings. The van der Waals surface area contributed by atoms with E-state index in [2.05, 4.69) is 0 Å². The summed E-state index contributed by atoms with van der Waals surface area (Å²) in [5.74, 6) is -1.41. The van der Waals surface area contributed by atoms with E-state index in [-0.39, 0.29) is 6.04 Å². The Balaban J connectivity index is 2.35. The number of rotatable bonds is 5. The molecule has 0 aliphatic carbocycles.